The number of carbonyl (C=O) groups is 1. The van der Waals surface area contributed by atoms with Crippen molar-refractivity contribution in [3.8, 4) is 0 Å². The van der Waals surface area contributed by atoms with Gasteiger partial charge in [-0.25, -0.2) is 22.6 Å². The molecule has 0 spiro atoms. The molecule has 2 amide bonds. The Morgan fingerprint density at radius 3 is 2.81 bits per heavy atom. The van der Waals surface area contributed by atoms with Gasteiger partial charge in [0.15, 0.2) is 0 Å². The zero-order chi connectivity index (χ0) is 18.7. The molecule has 1 unspecified atom stereocenters. The lowest BCUT2D eigenvalue weighted by Crippen LogP contribution is -2.43. The van der Waals surface area contributed by atoms with Crippen molar-refractivity contribution in [2.45, 2.75) is 30.7 Å². The molecule has 2 aromatic rings. The fourth-order valence-corrected chi connectivity index (χ4v) is 4.06. The molecule has 1 aliphatic rings. The maximum Gasteiger partial charge on any atom is 0.321 e. The Labute approximate surface area is 152 Å². The molecule has 0 aliphatic carbocycles. The van der Waals surface area contributed by atoms with Crippen LogP contribution in [0, 0.1) is 6.92 Å². The SMILES string of the molecule is CNS(=O)(=O)c1ccc(NC(=O)N2CCCC(n3ccnn3)C2)cc1C. The lowest BCUT2D eigenvalue weighted by atomic mass is 10.1. The molecule has 2 heterocycles. The zero-order valence-corrected chi connectivity index (χ0v) is 15.5. The number of aryl methyl sites for hydroxylation is 1. The number of sulfonamides is 1. The van der Waals surface area contributed by atoms with Crippen molar-refractivity contribution >= 4 is 21.7 Å². The molecule has 0 bridgehead atoms. The van der Waals surface area contributed by atoms with Gasteiger partial charge in [-0.15, -0.1) is 5.10 Å². The van der Waals surface area contributed by atoms with Crippen LogP contribution in [0.1, 0.15) is 24.4 Å². The first kappa shape index (κ1) is 18.3. The molecule has 26 heavy (non-hydrogen) atoms. The highest BCUT2D eigenvalue weighted by molar-refractivity contribution is 7.89. The molecule has 0 radical (unpaired) electrons. The summed E-state index contributed by atoms with van der Waals surface area (Å²) in [5.74, 6) is 0. The number of piperidine rings is 1. The second-order valence-electron chi connectivity index (χ2n) is 6.24. The Morgan fingerprint density at radius 2 is 2.15 bits per heavy atom. The maximum atomic E-state index is 12.6. The van der Waals surface area contributed by atoms with Gasteiger partial charge in [0.25, 0.3) is 0 Å². The van der Waals surface area contributed by atoms with E-state index >= 15 is 0 Å². The van der Waals surface area contributed by atoms with Crippen LogP contribution in [0.4, 0.5) is 10.5 Å². The van der Waals surface area contributed by atoms with E-state index < -0.39 is 10.0 Å². The van der Waals surface area contributed by atoms with Crippen LogP contribution in [0.5, 0.6) is 0 Å². The molecule has 140 valence electrons. The number of nitrogens with one attached hydrogen (secondary N) is 2. The Morgan fingerprint density at radius 1 is 1.35 bits per heavy atom. The predicted octanol–water partition coefficient (Wildman–Crippen LogP) is 1.36. The predicted molar refractivity (Wildman–Crippen MR) is 96.3 cm³/mol. The molecule has 0 saturated carbocycles. The molecule has 3 rings (SSSR count). The summed E-state index contributed by atoms with van der Waals surface area (Å²) in [6, 6.07) is 4.64. The summed E-state index contributed by atoms with van der Waals surface area (Å²) in [5, 5.41) is 10.7. The van der Waals surface area contributed by atoms with E-state index in [4.69, 9.17) is 0 Å². The van der Waals surface area contributed by atoms with Gasteiger partial charge in [-0.1, -0.05) is 5.21 Å². The highest BCUT2D eigenvalue weighted by Crippen LogP contribution is 2.23. The summed E-state index contributed by atoms with van der Waals surface area (Å²) >= 11 is 0. The van der Waals surface area contributed by atoms with E-state index in [-0.39, 0.29) is 17.0 Å². The molecule has 1 fully saturated rings. The van der Waals surface area contributed by atoms with Crippen LogP contribution >= 0.6 is 0 Å². The average Bonchev–Trinajstić information content (AvgIpc) is 3.16. The first-order valence-electron chi connectivity index (χ1n) is 8.36. The van der Waals surface area contributed by atoms with Crippen LogP contribution < -0.4 is 10.0 Å². The lowest BCUT2D eigenvalue weighted by Gasteiger charge is -2.32. The Bertz CT molecular complexity index is 881. The summed E-state index contributed by atoms with van der Waals surface area (Å²) in [7, 11) is -2.15. The summed E-state index contributed by atoms with van der Waals surface area (Å²) in [5.41, 5.74) is 1.13. The number of nitrogens with zero attached hydrogens (tertiary/aromatic N) is 4. The van der Waals surface area contributed by atoms with Crippen molar-refractivity contribution in [2.24, 2.45) is 0 Å². The van der Waals surface area contributed by atoms with E-state index in [2.05, 4.69) is 20.4 Å². The van der Waals surface area contributed by atoms with Crippen molar-refractivity contribution in [3.05, 3.63) is 36.2 Å². The molecule has 1 saturated heterocycles. The van der Waals surface area contributed by atoms with Crippen LogP contribution in [-0.4, -0.2) is 54.5 Å². The monoisotopic (exact) mass is 378 g/mol. The minimum Gasteiger partial charge on any atom is -0.322 e. The molecule has 2 N–H and O–H groups in total. The fraction of sp³-hybridized carbons (Fsp3) is 0.438. The number of rotatable bonds is 4. The van der Waals surface area contributed by atoms with Gasteiger partial charge in [-0.3, -0.25) is 0 Å². The molecule has 9 nitrogen and oxygen atoms in total. The molecular formula is C16H22N6O3S. The highest BCUT2D eigenvalue weighted by atomic mass is 32.2. The lowest BCUT2D eigenvalue weighted by molar-refractivity contribution is 0.174. The van der Waals surface area contributed by atoms with Crippen LogP contribution in [0.3, 0.4) is 0 Å². The van der Waals surface area contributed by atoms with E-state index in [1.165, 1.54) is 13.1 Å². The summed E-state index contributed by atoms with van der Waals surface area (Å²) in [6.07, 6.45) is 5.26. The van der Waals surface area contributed by atoms with Gasteiger partial charge in [-0.2, -0.15) is 0 Å². The first-order valence-corrected chi connectivity index (χ1v) is 9.85. The number of hydrogen-bond acceptors (Lipinski definition) is 5. The number of hydrogen-bond donors (Lipinski definition) is 2. The van der Waals surface area contributed by atoms with Gasteiger partial charge < -0.3 is 10.2 Å². The van der Waals surface area contributed by atoms with Gasteiger partial charge >= 0.3 is 6.03 Å². The molecule has 1 aliphatic heterocycles. The summed E-state index contributed by atoms with van der Waals surface area (Å²) in [6.45, 7) is 2.92. The van der Waals surface area contributed by atoms with Crippen molar-refractivity contribution in [3.63, 3.8) is 0 Å². The molecule has 1 aromatic heterocycles. The first-order chi connectivity index (χ1) is 12.4. The second-order valence-corrected chi connectivity index (χ2v) is 8.10. The highest BCUT2D eigenvalue weighted by Gasteiger charge is 2.25. The van der Waals surface area contributed by atoms with Crippen molar-refractivity contribution in [2.75, 3.05) is 25.5 Å². The number of aromatic nitrogens is 3. The number of amides is 2. The average molecular weight is 378 g/mol. The van der Waals surface area contributed by atoms with Crippen LogP contribution in [0.15, 0.2) is 35.5 Å². The fourth-order valence-electron chi connectivity index (χ4n) is 3.11. The van der Waals surface area contributed by atoms with Crippen molar-refractivity contribution in [1.29, 1.82) is 0 Å². The van der Waals surface area contributed by atoms with E-state index in [0.717, 1.165) is 12.8 Å². The second kappa shape index (κ2) is 7.42. The Kier molecular flexibility index (Phi) is 5.23. The Hall–Kier alpha value is -2.46. The topological polar surface area (TPSA) is 109 Å². The zero-order valence-electron chi connectivity index (χ0n) is 14.7. The van der Waals surface area contributed by atoms with Crippen LogP contribution in [-0.2, 0) is 10.0 Å². The summed E-state index contributed by atoms with van der Waals surface area (Å²) in [4.78, 5) is 14.5. The maximum absolute atomic E-state index is 12.6. The number of carbonyl (C=O) groups excluding carboxylic acids is 1. The third-order valence-corrected chi connectivity index (χ3v) is 6.06. The standard InChI is InChI=1S/C16H22N6O3S/c1-12-10-13(5-6-15(12)26(24,25)17-2)19-16(23)21-8-3-4-14(11-21)22-9-7-18-20-22/h5-7,9-10,14,17H,3-4,8,11H2,1-2H3,(H,19,23). The van der Waals surface area contributed by atoms with Crippen LogP contribution in [0.2, 0.25) is 0 Å². The van der Waals surface area contributed by atoms with E-state index in [1.807, 2.05) is 0 Å². The Balaban J connectivity index is 1.69. The minimum absolute atomic E-state index is 0.113. The van der Waals surface area contributed by atoms with E-state index in [9.17, 15) is 13.2 Å². The largest absolute Gasteiger partial charge is 0.322 e. The van der Waals surface area contributed by atoms with Gasteiger partial charge in [0, 0.05) is 25.0 Å². The van der Waals surface area contributed by atoms with E-state index in [0.29, 0.717) is 24.3 Å². The van der Waals surface area contributed by atoms with Gasteiger partial charge in [0.05, 0.1) is 17.1 Å². The molecule has 1 atom stereocenters. The normalized spacial score (nSPS) is 17.9. The van der Waals surface area contributed by atoms with E-state index in [1.54, 1.807) is 41.0 Å². The van der Waals surface area contributed by atoms with Gasteiger partial charge in [-0.05, 0) is 50.6 Å². The van der Waals surface area contributed by atoms with Crippen LogP contribution in [0.25, 0.3) is 0 Å². The van der Waals surface area contributed by atoms with Crippen molar-refractivity contribution in [1.82, 2.24) is 24.6 Å². The molecule has 1 aromatic carbocycles. The quantitative estimate of drug-likeness (QED) is 0.835. The van der Waals surface area contributed by atoms with Gasteiger partial charge in [0.2, 0.25) is 10.0 Å². The third kappa shape index (κ3) is 3.86. The third-order valence-electron chi connectivity index (χ3n) is 4.48. The number of likely N-dealkylation sites (tertiary alicyclic amines) is 1. The summed E-state index contributed by atoms with van der Waals surface area (Å²) < 4.78 is 27.9. The molecule has 10 heteroatoms. The van der Waals surface area contributed by atoms with Gasteiger partial charge in [0.1, 0.15) is 0 Å². The minimum atomic E-state index is -3.52. The molecular weight excluding hydrogens is 356 g/mol. The van der Waals surface area contributed by atoms with Crippen molar-refractivity contribution < 1.29 is 13.2 Å². The number of benzene rings is 1. The number of anilines is 1. The number of urea groups is 1. The smallest absolute Gasteiger partial charge is 0.321 e.